The van der Waals surface area contributed by atoms with E-state index < -0.39 is 28.8 Å². The van der Waals surface area contributed by atoms with Gasteiger partial charge in [-0.1, -0.05) is 6.07 Å². The average molecular weight is 651 g/mol. The Bertz CT molecular complexity index is 1670. The third-order valence-electron chi connectivity index (χ3n) is 9.75. The average Bonchev–Trinajstić information content (AvgIpc) is 3.75. The molecular weight excluding hydrogens is 613 g/mol. The van der Waals surface area contributed by atoms with Crippen molar-refractivity contribution >= 4 is 11.8 Å². The van der Waals surface area contributed by atoms with Crippen LogP contribution >= 0.6 is 0 Å². The van der Waals surface area contributed by atoms with Crippen LogP contribution in [0.1, 0.15) is 71.1 Å². The van der Waals surface area contributed by atoms with Crippen molar-refractivity contribution in [3.63, 3.8) is 0 Å². The van der Waals surface area contributed by atoms with Gasteiger partial charge in [0, 0.05) is 49.9 Å². The Hall–Kier alpha value is -4.26. The molecule has 3 fully saturated rings. The zero-order valence-corrected chi connectivity index (χ0v) is 26.2. The van der Waals surface area contributed by atoms with Gasteiger partial charge in [-0.15, -0.1) is 0 Å². The van der Waals surface area contributed by atoms with Crippen LogP contribution in [0.5, 0.6) is 11.8 Å². The number of hydrogen-bond acceptors (Lipinski definition) is 8. The monoisotopic (exact) mass is 650 g/mol. The largest absolute Gasteiger partial charge is 0.477 e. The second-order valence-corrected chi connectivity index (χ2v) is 12.8. The highest BCUT2D eigenvalue weighted by Gasteiger charge is 2.49. The quantitative estimate of drug-likeness (QED) is 0.373. The summed E-state index contributed by atoms with van der Waals surface area (Å²) in [6.45, 7) is 4.98. The summed E-state index contributed by atoms with van der Waals surface area (Å²) < 4.78 is 53.6. The molecule has 1 aliphatic carbocycles. The summed E-state index contributed by atoms with van der Waals surface area (Å²) >= 11 is 0. The van der Waals surface area contributed by atoms with Crippen LogP contribution in [0.25, 0.3) is 11.3 Å². The van der Waals surface area contributed by atoms with Crippen molar-refractivity contribution in [3.8, 4) is 23.0 Å². The Morgan fingerprint density at radius 1 is 1.06 bits per heavy atom. The number of ether oxygens (including phenoxy) is 2. The van der Waals surface area contributed by atoms with Gasteiger partial charge in [-0.25, -0.2) is 15.0 Å². The molecule has 2 saturated heterocycles. The van der Waals surface area contributed by atoms with Crippen LogP contribution in [0.3, 0.4) is 0 Å². The molecule has 0 radical (unpaired) electrons. The molecular formula is C34H37F3N6O4. The fourth-order valence-corrected chi connectivity index (χ4v) is 6.99. The van der Waals surface area contributed by atoms with Gasteiger partial charge < -0.3 is 24.6 Å². The number of piperidine rings is 1. The normalized spacial score (nSPS) is 20.8. The summed E-state index contributed by atoms with van der Waals surface area (Å²) in [6, 6.07) is 9.96. The zero-order valence-electron chi connectivity index (χ0n) is 26.2. The van der Waals surface area contributed by atoms with Crippen LogP contribution in [0.4, 0.5) is 13.2 Å². The van der Waals surface area contributed by atoms with E-state index in [1.165, 1.54) is 17.0 Å². The Balaban J connectivity index is 1.17. The molecule has 6 heterocycles. The van der Waals surface area contributed by atoms with Crippen LogP contribution in [-0.4, -0.2) is 88.5 Å². The van der Waals surface area contributed by atoms with Crippen molar-refractivity contribution in [2.45, 2.75) is 56.7 Å². The second kappa shape index (κ2) is 12.4. The zero-order chi connectivity index (χ0) is 32.8. The van der Waals surface area contributed by atoms with E-state index in [2.05, 4.69) is 15.3 Å². The number of pyridine rings is 3. The first-order valence-corrected chi connectivity index (χ1v) is 16.3. The van der Waals surface area contributed by atoms with E-state index in [0.717, 1.165) is 31.4 Å². The predicted molar refractivity (Wildman–Crippen MR) is 165 cm³/mol. The van der Waals surface area contributed by atoms with E-state index >= 15 is 0 Å². The number of carbonyl (C=O) groups excluding carboxylic acids is 2. The summed E-state index contributed by atoms with van der Waals surface area (Å²) in [5.41, 5.74) is 0.171. The number of likely N-dealkylation sites (tertiary alicyclic amines) is 1. The molecule has 1 atom stereocenters. The van der Waals surface area contributed by atoms with Crippen molar-refractivity contribution in [2.24, 2.45) is 5.92 Å². The molecule has 13 heteroatoms. The first-order chi connectivity index (χ1) is 22.7. The van der Waals surface area contributed by atoms with Crippen molar-refractivity contribution in [2.75, 3.05) is 45.9 Å². The summed E-state index contributed by atoms with van der Waals surface area (Å²) in [7, 11) is 0. The number of nitrogens with one attached hydrogen (secondary N) is 1. The Labute approximate surface area is 270 Å². The standard InChI is InChI=1S/C34H37F3N6O4/c1-2-46-30-23(4-3-14-39-30)26-9-8-25-28(40-26)32(45)43(22-11-15-38-18-22)20-33(25)12-16-42(17-13-33)31(44)24-7-10-27(47-19-21-5-6-21)41-29(24)34(35,36)37/h3-4,7-10,14,21-22,38H,2,5-6,11-13,15-20H2,1H3. The van der Waals surface area contributed by atoms with E-state index in [0.29, 0.717) is 67.9 Å². The maximum Gasteiger partial charge on any atom is 0.434 e. The number of aromatic nitrogens is 3. The fourth-order valence-electron chi connectivity index (χ4n) is 6.99. The summed E-state index contributed by atoms with van der Waals surface area (Å²) in [5.74, 6) is -0.217. The Morgan fingerprint density at radius 2 is 1.87 bits per heavy atom. The first-order valence-electron chi connectivity index (χ1n) is 16.3. The number of rotatable bonds is 8. The highest BCUT2D eigenvalue weighted by atomic mass is 19.4. The van der Waals surface area contributed by atoms with Crippen molar-refractivity contribution in [1.82, 2.24) is 30.1 Å². The lowest BCUT2D eigenvalue weighted by molar-refractivity contribution is -0.141. The highest BCUT2D eigenvalue weighted by molar-refractivity contribution is 5.97. The number of fused-ring (bicyclic) bond motifs is 2. The van der Waals surface area contributed by atoms with Crippen LogP contribution in [0, 0.1) is 5.92 Å². The molecule has 7 rings (SSSR count). The molecule has 10 nitrogen and oxygen atoms in total. The molecule has 3 aromatic heterocycles. The van der Waals surface area contributed by atoms with Gasteiger partial charge in [0.2, 0.25) is 11.8 Å². The number of halogens is 3. The first kappa shape index (κ1) is 31.3. The lowest BCUT2D eigenvalue weighted by Gasteiger charge is -2.49. The van der Waals surface area contributed by atoms with E-state index in [9.17, 15) is 22.8 Å². The molecule has 3 aliphatic heterocycles. The summed E-state index contributed by atoms with van der Waals surface area (Å²) in [5, 5.41) is 3.34. The molecule has 1 N–H and O–H groups in total. The lowest BCUT2D eigenvalue weighted by Crippen LogP contribution is -2.58. The minimum atomic E-state index is -4.82. The molecule has 1 spiro atoms. The topological polar surface area (TPSA) is 110 Å². The molecule has 0 bridgehead atoms. The molecule has 2 amide bonds. The maximum absolute atomic E-state index is 14.1. The number of hydrogen-bond donors (Lipinski definition) is 1. The Kier molecular flexibility index (Phi) is 8.27. The van der Waals surface area contributed by atoms with Crippen molar-refractivity contribution < 1.29 is 32.2 Å². The van der Waals surface area contributed by atoms with E-state index in [4.69, 9.17) is 14.5 Å². The van der Waals surface area contributed by atoms with Gasteiger partial charge in [0.05, 0.1) is 30.0 Å². The molecule has 4 aliphatic rings. The lowest BCUT2D eigenvalue weighted by atomic mass is 9.69. The number of amides is 2. The second-order valence-electron chi connectivity index (χ2n) is 12.8. The highest BCUT2D eigenvalue weighted by Crippen LogP contribution is 2.44. The molecule has 1 unspecified atom stereocenters. The van der Waals surface area contributed by atoms with Crippen molar-refractivity contribution in [1.29, 1.82) is 0 Å². The molecule has 248 valence electrons. The Morgan fingerprint density at radius 3 is 2.57 bits per heavy atom. The van der Waals surface area contributed by atoms with Crippen LogP contribution in [-0.2, 0) is 11.6 Å². The number of alkyl halides is 3. The fraction of sp³-hybridized carbons (Fsp3) is 0.500. The third kappa shape index (κ3) is 6.13. The van der Waals surface area contributed by atoms with Gasteiger partial charge in [0.25, 0.3) is 11.8 Å². The van der Waals surface area contributed by atoms with E-state index in [-0.39, 0.29) is 30.9 Å². The summed E-state index contributed by atoms with van der Waals surface area (Å²) in [6.07, 6.45) is 0.539. The van der Waals surface area contributed by atoms with Crippen LogP contribution in [0.15, 0.2) is 42.6 Å². The molecule has 0 aromatic carbocycles. The van der Waals surface area contributed by atoms with Gasteiger partial charge >= 0.3 is 6.18 Å². The van der Waals surface area contributed by atoms with Gasteiger partial charge in [-0.2, -0.15) is 13.2 Å². The van der Waals surface area contributed by atoms with Gasteiger partial charge in [-0.3, -0.25) is 9.59 Å². The van der Waals surface area contributed by atoms with Crippen molar-refractivity contribution in [3.05, 3.63) is 65.1 Å². The number of nitrogens with zero attached hydrogens (tertiary/aromatic N) is 5. The molecule has 3 aromatic rings. The van der Waals surface area contributed by atoms with Gasteiger partial charge in [0.1, 0.15) is 5.69 Å². The van der Waals surface area contributed by atoms with Crippen LogP contribution < -0.4 is 14.8 Å². The molecule has 47 heavy (non-hydrogen) atoms. The van der Waals surface area contributed by atoms with Gasteiger partial charge in [0.15, 0.2) is 5.69 Å². The van der Waals surface area contributed by atoms with Gasteiger partial charge in [-0.05, 0) is 81.3 Å². The SMILES string of the molecule is CCOc1ncccc1-c1ccc2c(n1)C(=O)N(C1CCNC1)CC21CCN(C(=O)c2ccc(OCC3CC3)nc2C(F)(F)F)CC1. The number of carbonyl (C=O) groups is 2. The molecule has 1 saturated carbocycles. The minimum absolute atomic E-state index is 0.00362. The predicted octanol–water partition coefficient (Wildman–Crippen LogP) is 4.74. The smallest absolute Gasteiger partial charge is 0.434 e. The third-order valence-corrected chi connectivity index (χ3v) is 9.75. The van der Waals surface area contributed by atoms with E-state index in [1.807, 2.05) is 30.0 Å². The van der Waals surface area contributed by atoms with E-state index in [1.54, 1.807) is 12.3 Å². The maximum atomic E-state index is 14.1. The summed E-state index contributed by atoms with van der Waals surface area (Å²) in [4.78, 5) is 44.0. The minimum Gasteiger partial charge on any atom is -0.477 e. The van der Waals surface area contributed by atoms with Crippen LogP contribution in [0.2, 0.25) is 0 Å².